The van der Waals surface area contributed by atoms with Crippen molar-refractivity contribution in [3.05, 3.63) is 11.6 Å². The van der Waals surface area contributed by atoms with E-state index in [2.05, 4.69) is 42.1 Å². The summed E-state index contributed by atoms with van der Waals surface area (Å²) in [5, 5.41) is 77.2. The quantitative estimate of drug-likeness (QED) is 0.0679. The second kappa shape index (κ2) is 18.8. The SMILES string of the molecule is CC(C)=CC1CC(C)(O)C2C3CCC4C5(C)CCC(OC6OCC(O)C(OC7OC(CO)C(OS(=O)(=O)O)C(O)C7O)C6OC6OC(CO)C(OS(=O)(=O)O)C6O)C(C)(C)C5CCC4(C)C34COC2(C4)O1. The first kappa shape index (κ1) is 54.7. The van der Waals surface area contributed by atoms with Crippen LogP contribution < -0.4 is 0 Å². The molecule has 23 nitrogen and oxygen atoms in total. The van der Waals surface area contributed by atoms with E-state index in [0.29, 0.717) is 19.4 Å². The maximum absolute atomic E-state index is 12.2. The molecule has 9 fully saturated rings. The standard InChI is InChI=1S/C46H74O23S2/c1-21(2)14-22-15-44(7,53)37-23-8-9-28-42(5)12-11-29(41(3,4)27(42)10-13-43(28,6)45(23)19-46(37,67-22)61-20-45)64-40-36(66-39-32(52)35(26(17-48)63-39)69-71(57,58)59)33(24(49)18-60-40)65-38-31(51)30(50)34(25(16-47)62-38)68-70(54,55)56/h14,22-40,47-53H,8-13,15-20H2,1-7H3,(H,54,55,56)(H,57,58,59). The van der Waals surface area contributed by atoms with Crippen molar-refractivity contribution in [1.29, 1.82) is 0 Å². The van der Waals surface area contributed by atoms with Gasteiger partial charge in [-0.1, -0.05) is 39.3 Å². The van der Waals surface area contributed by atoms with Crippen molar-refractivity contribution in [2.45, 2.75) is 203 Å². The molecule has 4 aliphatic carbocycles. The molecule has 9 aliphatic rings. The Morgan fingerprint density at radius 3 is 1.93 bits per heavy atom. The lowest BCUT2D eigenvalue weighted by atomic mass is 9.35. The molecular formula is C46H74O23S2. The van der Waals surface area contributed by atoms with E-state index in [1.54, 1.807) is 0 Å². The van der Waals surface area contributed by atoms with Gasteiger partial charge in [-0.05, 0) is 93.3 Å². The van der Waals surface area contributed by atoms with Crippen LogP contribution in [0, 0.1) is 45.3 Å². The summed E-state index contributed by atoms with van der Waals surface area (Å²) in [7, 11) is -10.4. The molecule has 408 valence electrons. The lowest BCUT2D eigenvalue weighted by Crippen LogP contribution is -2.67. The fraction of sp³-hybridized carbons (Fsp3) is 0.957. The number of hydrogen-bond acceptors (Lipinski definition) is 21. The van der Waals surface area contributed by atoms with Crippen LogP contribution >= 0.6 is 0 Å². The van der Waals surface area contributed by atoms with Crippen LogP contribution in [-0.2, 0) is 67.1 Å². The molecule has 5 saturated heterocycles. The third-order valence-corrected chi connectivity index (χ3v) is 19.7. The maximum atomic E-state index is 12.2. The number of allylic oxidation sites excluding steroid dienone is 1. The molecule has 25 heteroatoms. The molecule has 0 radical (unpaired) electrons. The Morgan fingerprint density at radius 2 is 1.32 bits per heavy atom. The van der Waals surface area contributed by atoms with E-state index in [-0.39, 0.29) is 46.0 Å². The molecule has 0 amide bonds. The van der Waals surface area contributed by atoms with Gasteiger partial charge in [0.15, 0.2) is 24.7 Å². The second-order valence-electron chi connectivity index (χ2n) is 23.5. The van der Waals surface area contributed by atoms with Gasteiger partial charge >= 0.3 is 20.8 Å². The summed E-state index contributed by atoms with van der Waals surface area (Å²) < 4.78 is 125. The van der Waals surface area contributed by atoms with Gasteiger partial charge in [-0.25, -0.2) is 8.37 Å². The highest BCUT2D eigenvalue weighted by molar-refractivity contribution is 7.81. The average Bonchev–Trinajstić information content (AvgIpc) is 3.88. The van der Waals surface area contributed by atoms with Gasteiger partial charge in [-0.15, -0.1) is 0 Å². The van der Waals surface area contributed by atoms with Gasteiger partial charge in [0.2, 0.25) is 0 Å². The molecule has 24 atom stereocenters. The minimum atomic E-state index is -5.23. The van der Waals surface area contributed by atoms with Crippen LogP contribution in [0.2, 0.25) is 0 Å². The molecule has 2 spiro atoms. The van der Waals surface area contributed by atoms with E-state index in [9.17, 15) is 61.7 Å². The van der Waals surface area contributed by atoms with Gasteiger partial charge < -0.3 is 73.6 Å². The lowest BCUT2D eigenvalue weighted by Gasteiger charge is -2.70. The van der Waals surface area contributed by atoms with Crippen molar-refractivity contribution in [1.82, 2.24) is 0 Å². The Kier molecular flexibility index (Phi) is 14.5. The highest BCUT2D eigenvalue weighted by Gasteiger charge is 2.81. The molecule has 4 saturated carbocycles. The van der Waals surface area contributed by atoms with Crippen molar-refractivity contribution in [2.75, 3.05) is 26.4 Å². The van der Waals surface area contributed by atoms with Crippen molar-refractivity contribution in [3.63, 3.8) is 0 Å². The monoisotopic (exact) mass is 1060 g/mol. The molecule has 0 aromatic heterocycles. The topological polar surface area (TPSA) is 343 Å². The van der Waals surface area contributed by atoms with Gasteiger partial charge in [0.05, 0.1) is 44.2 Å². The van der Waals surface area contributed by atoms with E-state index in [4.69, 9.17) is 37.9 Å². The zero-order valence-electron chi connectivity index (χ0n) is 41.1. The second-order valence-corrected chi connectivity index (χ2v) is 25.6. The maximum Gasteiger partial charge on any atom is 0.397 e. The van der Waals surface area contributed by atoms with Crippen molar-refractivity contribution in [3.8, 4) is 0 Å². The zero-order valence-corrected chi connectivity index (χ0v) is 42.7. The highest BCUT2D eigenvalue weighted by Crippen LogP contribution is 2.80. The van der Waals surface area contributed by atoms with Gasteiger partial charge in [0.1, 0.15) is 61.0 Å². The van der Waals surface area contributed by atoms with Crippen molar-refractivity contribution in [2.24, 2.45) is 45.3 Å². The van der Waals surface area contributed by atoms with Crippen LogP contribution in [0.3, 0.4) is 0 Å². The van der Waals surface area contributed by atoms with E-state index in [0.717, 1.165) is 44.1 Å². The fourth-order valence-electron chi connectivity index (χ4n) is 16.1. The van der Waals surface area contributed by atoms with Crippen LogP contribution in [0.1, 0.15) is 99.8 Å². The first-order valence-corrected chi connectivity index (χ1v) is 27.5. The first-order chi connectivity index (χ1) is 32.9. The molecule has 5 heterocycles. The Labute approximate surface area is 414 Å². The minimum Gasteiger partial charge on any atom is -0.394 e. The Bertz CT molecular complexity index is 2230. The summed E-state index contributed by atoms with van der Waals surface area (Å²) >= 11 is 0. The molecule has 9 N–H and O–H groups in total. The fourth-order valence-corrected chi connectivity index (χ4v) is 17.1. The number of aliphatic hydroxyl groups excluding tert-OH is 6. The average molecular weight is 1060 g/mol. The van der Waals surface area contributed by atoms with Crippen molar-refractivity contribution < 1.29 is 108 Å². The summed E-state index contributed by atoms with van der Waals surface area (Å²) in [6, 6.07) is 0. The summed E-state index contributed by atoms with van der Waals surface area (Å²) in [5.74, 6) is -0.442. The number of rotatable bonds is 13. The van der Waals surface area contributed by atoms with Gasteiger partial charge in [-0.2, -0.15) is 16.8 Å². The van der Waals surface area contributed by atoms with Gasteiger partial charge in [-0.3, -0.25) is 9.11 Å². The lowest BCUT2D eigenvalue weighted by molar-refractivity contribution is -0.374. The smallest absolute Gasteiger partial charge is 0.394 e. The van der Waals surface area contributed by atoms with Crippen LogP contribution in [0.5, 0.6) is 0 Å². The summed E-state index contributed by atoms with van der Waals surface area (Å²) in [6.07, 6.45) is -16.4. The first-order valence-electron chi connectivity index (χ1n) is 24.8. The van der Waals surface area contributed by atoms with Crippen molar-refractivity contribution >= 4 is 20.8 Å². The number of ether oxygens (including phenoxy) is 8. The normalized spacial score (nSPS) is 52.5. The highest BCUT2D eigenvalue weighted by atomic mass is 32.3. The van der Waals surface area contributed by atoms with E-state index in [1.165, 1.54) is 0 Å². The van der Waals surface area contributed by atoms with Gasteiger partial charge in [0.25, 0.3) is 0 Å². The molecule has 9 rings (SSSR count). The number of aliphatic hydroxyl groups is 7. The summed E-state index contributed by atoms with van der Waals surface area (Å²) in [6.45, 7) is 13.3. The third-order valence-electron chi connectivity index (χ3n) is 18.8. The van der Waals surface area contributed by atoms with E-state index in [1.807, 2.05) is 20.8 Å². The Hall–Kier alpha value is -1.12. The molecule has 0 aromatic rings. The largest absolute Gasteiger partial charge is 0.397 e. The molecule has 24 unspecified atom stereocenters. The molecule has 0 aromatic carbocycles. The van der Waals surface area contributed by atoms with Gasteiger partial charge in [0, 0.05) is 24.2 Å². The predicted molar refractivity (Wildman–Crippen MR) is 240 cm³/mol. The molecule has 71 heavy (non-hydrogen) atoms. The van der Waals surface area contributed by atoms with E-state index < -0.39 is 143 Å². The zero-order chi connectivity index (χ0) is 51.8. The van der Waals surface area contributed by atoms with Crippen LogP contribution in [0.4, 0.5) is 0 Å². The minimum absolute atomic E-state index is 0.103. The predicted octanol–water partition coefficient (Wildman–Crippen LogP) is 0.260. The summed E-state index contributed by atoms with van der Waals surface area (Å²) in [5.41, 5.74) is -0.980. The molecular weight excluding hydrogens is 985 g/mol. The number of hydrogen-bond donors (Lipinski definition) is 9. The Morgan fingerprint density at radius 1 is 0.718 bits per heavy atom. The molecule has 5 aliphatic heterocycles. The van der Waals surface area contributed by atoms with Crippen LogP contribution in [-0.4, -0.2) is 192 Å². The van der Waals surface area contributed by atoms with Crippen LogP contribution in [0.25, 0.3) is 0 Å². The van der Waals surface area contributed by atoms with E-state index >= 15 is 0 Å². The summed E-state index contributed by atoms with van der Waals surface area (Å²) in [4.78, 5) is 0. The third kappa shape index (κ3) is 9.21. The number of fused-ring (bicyclic) bond motifs is 4. The molecule has 2 bridgehead atoms. The Balaban J connectivity index is 0.981. The van der Waals surface area contributed by atoms with Crippen LogP contribution in [0.15, 0.2) is 11.6 Å².